The van der Waals surface area contributed by atoms with Gasteiger partial charge in [0.15, 0.2) is 0 Å². The van der Waals surface area contributed by atoms with Crippen molar-refractivity contribution in [2.24, 2.45) is 5.73 Å². The summed E-state index contributed by atoms with van der Waals surface area (Å²) < 4.78 is 15.8. The first-order chi connectivity index (χ1) is 7.04. The van der Waals surface area contributed by atoms with E-state index in [1.807, 2.05) is 6.55 Å². The molecule has 0 fully saturated rings. The van der Waals surface area contributed by atoms with E-state index in [9.17, 15) is 4.79 Å². The molecule has 0 spiro atoms. The maximum absolute atomic E-state index is 10.3. The lowest BCUT2D eigenvalue weighted by molar-refractivity contribution is 0.104. The molecular formula is C8H20N2O4Si. The molecule has 0 atom stereocenters. The summed E-state index contributed by atoms with van der Waals surface area (Å²) in [4.78, 5) is 10.3. The number of primary amides is 1. The van der Waals surface area contributed by atoms with E-state index in [1.54, 1.807) is 14.2 Å². The Morgan fingerprint density at radius 3 is 2.40 bits per heavy atom. The number of amides is 2. The van der Waals surface area contributed by atoms with Gasteiger partial charge in [-0.25, -0.2) is 4.79 Å². The minimum absolute atomic E-state index is 0.496. The van der Waals surface area contributed by atoms with Crippen LogP contribution in [0.3, 0.4) is 0 Å². The Bertz CT molecular complexity index is 187. The number of carbonyl (C=O) groups excluding carboxylic acids is 1. The van der Waals surface area contributed by atoms with Gasteiger partial charge in [-0.15, -0.1) is 0 Å². The normalized spacial score (nSPS) is 11.4. The van der Waals surface area contributed by atoms with Crippen LogP contribution in [0.4, 0.5) is 4.79 Å². The Kier molecular flexibility index (Phi) is 7.31. The van der Waals surface area contributed by atoms with Crippen molar-refractivity contribution in [3.8, 4) is 0 Å². The van der Waals surface area contributed by atoms with Crippen molar-refractivity contribution in [3.05, 3.63) is 0 Å². The molecule has 0 radical (unpaired) electrons. The molecule has 7 heteroatoms. The molecule has 90 valence electrons. The molecule has 0 aromatic heterocycles. The zero-order valence-corrected chi connectivity index (χ0v) is 10.5. The van der Waals surface area contributed by atoms with Crippen LogP contribution in [0.2, 0.25) is 6.55 Å². The van der Waals surface area contributed by atoms with Gasteiger partial charge in [-0.3, -0.25) is 0 Å². The third-order valence-electron chi connectivity index (χ3n) is 1.98. The van der Waals surface area contributed by atoms with Gasteiger partial charge < -0.3 is 24.3 Å². The van der Waals surface area contributed by atoms with E-state index in [0.29, 0.717) is 13.2 Å². The van der Waals surface area contributed by atoms with Gasteiger partial charge in [0, 0.05) is 33.9 Å². The standard InChI is InChI=1S/C8H20N2O4Si/c1-12-15(3,13-2)14-7-5-4-6-10-8(9)11/h4-7H2,1-3H3,(H3,9,10,11). The summed E-state index contributed by atoms with van der Waals surface area (Å²) in [5, 5.41) is 2.50. The van der Waals surface area contributed by atoms with E-state index >= 15 is 0 Å². The molecule has 0 bridgehead atoms. The molecule has 0 unspecified atom stereocenters. The first-order valence-corrected chi connectivity index (χ1v) is 7.04. The van der Waals surface area contributed by atoms with Crippen molar-refractivity contribution in [1.82, 2.24) is 5.32 Å². The summed E-state index contributed by atoms with van der Waals surface area (Å²) in [5.41, 5.74) is 4.91. The fourth-order valence-electron chi connectivity index (χ4n) is 0.897. The number of hydrogen-bond acceptors (Lipinski definition) is 4. The van der Waals surface area contributed by atoms with Crippen LogP contribution in [-0.2, 0) is 13.3 Å². The van der Waals surface area contributed by atoms with E-state index in [-0.39, 0.29) is 0 Å². The lowest BCUT2D eigenvalue weighted by Crippen LogP contribution is -2.40. The van der Waals surface area contributed by atoms with Crippen molar-refractivity contribution in [2.45, 2.75) is 19.4 Å². The summed E-state index contributed by atoms with van der Waals surface area (Å²) in [5.74, 6) is 0. The SMILES string of the molecule is CO[Si](C)(OC)OCCCCNC(N)=O. The van der Waals surface area contributed by atoms with E-state index in [1.165, 1.54) is 0 Å². The predicted octanol–water partition coefficient (Wildman–Crippen LogP) is 0.313. The third kappa shape index (κ3) is 7.31. The highest BCUT2D eigenvalue weighted by Gasteiger charge is 2.31. The average molecular weight is 236 g/mol. The number of carbonyl (C=O) groups is 1. The van der Waals surface area contributed by atoms with Crippen LogP contribution >= 0.6 is 0 Å². The van der Waals surface area contributed by atoms with Gasteiger partial charge in [-0.1, -0.05) is 0 Å². The Morgan fingerprint density at radius 2 is 1.93 bits per heavy atom. The molecule has 3 N–H and O–H groups in total. The molecule has 0 rings (SSSR count). The van der Waals surface area contributed by atoms with Crippen LogP contribution in [0.1, 0.15) is 12.8 Å². The second-order valence-electron chi connectivity index (χ2n) is 3.12. The zero-order valence-electron chi connectivity index (χ0n) is 9.54. The largest absolute Gasteiger partial charge is 0.497 e. The Balaban J connectivity index is 3.41. The maximum Gasteiger partial charge on any atom is 0.497 e. The van der Waals surface area contributed by atoms with Gasteiger partial charge in [0.1, 0.15) is 0 Å². The topological polar surface area (TPSA) is 82.8 Å². The van der Waals surface area contributed by atoms with Gasteiger partial charge in [-0.2, -0.15) is 0 Å². The molecule has 0 aliphatic heterocycles. The average Bonchev–Trinajstić information content (AvgIpc) is 2.22. The van der Waals surface area contributed by atoms with Crippen LogP contribution in [0.5, 0.6) is 0 Å². The minimum Gasteiger partial charge on any atom is -0.377 e. The molecule has 6 nitrogen and oxygen atoms in total. The van der Waals surface area contributed by atoms with Crippen molar-refractivity contribution < 1.29 is 18.1 Å². The molecule has 0 saturated heterocycles. The van der Waals surface area contributed by atoms with Crippen molar-refractivity contribution in [3.63, 3.8) is 0 Å². The maximum atomic E-state index is 10.3. The van der Waals surface area contributed by atoms with E-state index in [0.717, 1.165) is 12.8 Å². The monoisotopic (exact) mass is 236 g/mol. The quantitative estimate of drug-likeness (QED) is 0.469. The molecule has 0 aromatic rings. The lowest BCUT2D eigenvalue weighted by atomic mass is 10.3. The number of urea groups is 1. The highest BCUT2D eigenvalue weighted by atomic mass is 28.4. The highest BCUT2D eigenvalue weighted by molar-refractivity contribution is 6.59. The molecule has 0 saturated carbocycles. The summed E-state index contributed by atoms with van der Waals surface area (Å²) in [6.45, 7) is 2.95. The van der Waals surface area contributed by atoms with Crippen LogP contribution in [0.15, 0.2) is 0 Å². The number of hydrogen-bond donors (Lipinski definition) is 2. The Hall–Kier alpha value is -0.633. The van der Waals surface area contributed by atoms with E-state index < -0.39 is 14.8 Å². The fraction of sp³-hybridized carbons (Fsp3) is 0.875. The van der Waals surface area contributed by atoms with Gasteiger partial charge in [0.25, 0.3) is 0 Å². The summed E-state index contributed by atoms with van der Waals surface area (Å²) in [6, 6.07) is -0.496. The van der Waals surface area contributed by atoms with Crippen molar-refractivity contribution >= 4 is 14.8 Å². The second kappa shape index (κ2) is 7.63. The first-order valence-electron chi connectivity index (χ1n) is 4.81. The number of nitrogens with two attached hydrogens (primary N) is 1. The lowest BCUT2D eigenvalue weighted by Gasteiger charge is -2.21. The minimum atomic E-state index is -2.39. The number of rotatable bonds is 8. The Morgan fingerprint density at radius 1 is 1.33 bits per heavy atom. The van der Waals surface area contributed by atoms with Gasteiger partial charge in [0.2, 0.25) is 0 Å². The smallest absolute Gasteiger partial charge is 0.377 e. The second-order valence-corrected chi connectivity index (χ2v) is 5.95. The van der Waals surface area contributed by atoms with Crippen LogP contribution in [0.25, 0.3) is 0 Å². The summed E-state index contributed by atoms with van der Waals surface area (Å²) in [7, 11) is 0.756. The van der Waals surface area contributed by atoms with Crippen molar-refractivity contribution in [1.29, 1.82) is 0 Å². The molecule has 2 amide bonds. The zero-order chi connectivity index (χ0) is 11.7. The van der Waals surface area contributed by atoms with E-state index in [2.05, 4.69) is 5.32 Å². The van der Waals surface area contributed by atoms with Crippen LogP contribution in [-0.4, -0.2) is 42.2 Å². The predicted molar refractivity (Wildman–Crippen MR) is 58.4 cm³/mol. The molecule has 0 aromatic carbocycles. The molecule has 0 aliphatic carbocycles. The van der Waals surface area contributed by atoms with Gasteiger partial charge in [-0.05, 0) is 12.8 Å². The van der Waals surface area contributed by atoms with Crippen molar-refractivity contribution in [2.75, 3.05) is 27.4 Å². The molecular weight excluding hydrogens is 216 g/mol. The third-order valence-corrected chi connectivity index (χ3v) is 4.19. The highest BCUT2D eigenvalue weighted by Crippen LogP contribution is 2.06. The van der Waals surface area contributed by atoms with Crippen LogP contribution < -0.4 is 11.1 Å². The molecule has 0 aliphatic rings. The fourth-order valence-corrected chi connectivity index (χ4v) is 1.81. The number of nitrogens with one attached hydrogen (secondary N) is 1. The van der Waals surface area contributed by atoms with Gasteiger partial charge >= 0.3 is 14.8 Å². The first kappa shape index (κ1) is 14.4. The summed E-state index contributed by atoms with van der Waals surface area (Å²) in [6.07, 6.45) is 1.65. The van der Waals surface area contributed by atoms with Crippen LogP contribution in [0, 0.1) is 0 Å². The number of unbranched alkanes of at least 4 members (excludes halogenated alkanes) is 1. The Labute approximate surface area is 91.4 Å². The van der Waals surface area contributed by atoms with E-state index in [4.69, 9.17) is 19.0 Å². The molecule has 0 heterocycles. The summed E-state index contributed by atoms with van der Waals surface area (Å²) >= 11 is 0. The van der Waals surface area contributed by atoms with Gasteiger partial charge in [0.05, 0.1) is 0 Å². The molecule has 15 heavy (non-hydrogen) atoms.